The summed E-state index contributed by atoms with van der Waals surface area (Å²) in [6.45, 7) is 7.45. The van der Waals surface area contributed by atoms with Gasteiger partial charge in [0.25, 0.3) is 0 Å². The van der Waals surface area contributed by atoms with E-state index in [-0.39, 0.29) is 5.91 Å². The summed E-state index contributed by atoms with van der Waals surface area (Å²) in [5, 5.41) is 0. The van der Waals surface area contributed by atoms with E-state index >= 15 is 0 Å². The summed E-state index contributed by atoms with van der Waals surface area (Å²) in [4.78, 5) is 14.5. The number of amides is 1. The largest absolute Gasteiger partial charge is 0.337 e. The molecule has 0 aliphatic carbocycles. The molecule has 0 unspecified atom stereocenters. The van der Waals surface area contributed by atoms with E-state index in [0.717, 1.165) is 18.5 Å². The van der Waals surface area contributed by atoms with Crippen molar-refractivity contribution in [3.63, 3.8) is 0 Å². The van der Waals surface area contributed by atoms with Crippen LogP contribution < -0.4 is 5.73 Å². The number of carbonyl (C=O) groups excluding carboxylic acids is 1. The lowest BCUT2D eigenvalue weighted by Crippen LogP contribution is -2.54. The fourth-order valence-electron chi connectivity index (χ4n) is 2.19. The molecule has 0 radical (unpaired) electrons. The van der Waals surface area contributed by atoms with Crippen LogP contribution in [0.1, 0.15) is 45.6 Å². The molecule has 2 N–H and O–H groups in total. The van der Waals surface area contributed by atoms with Crippen LogP contribution in [0.4, 0.5) is 0 Å². The van der Waals surface area contributed by atoms with Gasteiger partial charge in [0.2, 0.25) is 5.91 Å². The molecule has 0 heterocycles. The second-order valence-electron chi connectivity index (χ2n) is 5.08. The van der Waals surface area contributed by atoms with Gasteiger partial charge >= 0.3 is 0 Å². The zero-order chi connectivity index (χ0) is 14.3. The van der Waals surface area contributed by atoms with Crippen molar-refractivity contribution in [3.8, 4) is 0 Å². The summed E-state index contributed by atoms with van der Waals surface area (Å²) in [6, 6.07) is 10.1. The van der Waals surface area contributed by atoms with E-state index in [1.54, 1.807) is 0 Å². The Balaban J connectivity index is 2.85. The van der Waals surface area contributed by atoms with Crippen molar-refractivity contribution in [2.75, 3.05) is 6.54 Å². The minimum Gasteiger partial charge on any atom is -0.337 e. The highest BCUT2D eigenvalue weighted by Crippen LogP contribution is 2.17. The van der Waals surface area contributed by atoms with Gasteiger partial charge < -0.3 is 10.6 Å². The number of rotatable bonds is 7. The minimum atomic E-state index is -0.718. The topological polar surface area (TPSA) is 46.3 Å². The molecule has 0 spiro atoms. The fourth-order valence-corrected chi connectivity index (χ4v) is 2.19. The van der Waals surface area contributed by atoms with Gasteiger partial charge in [0, 0.05) is 13.1 Å². The second kappa shape index (κ2) is 7.29. The standard InChI is InChI=1S/C16H26N2O/c1-4-12-18(13-14-10-8-7-9-11-14)15(19)16(17,5-2)6-3/h7-11H,4-6,12-13,17H2,1-3H3. The number of benzene rings is 1. The van der Waals surface area contributed by atoms with Gasteiger partial charge in [-0.1, -0.05) is 51.1 Å². The first kappa shape index (κ1) is 15.7. The van der Waals surface area contributed by atoms with Crippen molar-refractivity contribution in [1.82, 2.24) is 4.90 Å². The van der Waals surface area contributed by atoms with Gasteiger partial charge in [0.15, 0.2) is 0 Å². The Bertz CT molecular complexity index is 385. The maximum absolute atomic E-state index is 12.6. The molecule has 106 valence electrons. The van der Waals surface area contributed by atoms with Crippen LogP contribution in [0, 0.1) is 0 Å². The third kappa shape index (κ3) is 4.06. The summed E-state index contributed by atoms with van der Waals surface area (Å²) < 4.78 is 0. The predicted molar refractivity (Wildman–Crippen MR) is 79.7 cm³/mol. The monoisotopic (exact) mass is 262 g/mol. The van der Waals surface area contributed by atoms with Crippen molar-refractivity contribution >= 4 is 5.91 Å². The quantitative estimate of drug-likeness (QED) is 0.821. The van der Waals surface area contributed by atoms with E-state index in [9.17, 15) is 4.79 Å². The first-order chi connectivity index (χ1) is 9.07. The number of hydrogen-bond acceptors (Lipinski definition) is 2. The highest BCUT2D eigenvalue weighted by molar-refractivity contribution is 5.86. The van der Waals surface area contributed by atoms with Gasteiger partial charge in [-0.25, -0.2) is 0 Å². The van der Waals surface area contributed by atoms with Gasteiger partial charge in [0.05, 0.1) is 5.54 Å². The smallest absolute Gasteiger partial charge is 0.242 e. The minimum absolute atomic E-state index is 0.0724. The van der Waals surface area contributed by atoms with Crippen LogP contribution in [0.15, 0.2) is 30.3 Å². The highest BCUT2D eigenvalue weighted by Gasteiger charge is 2.33. The van der Waals surface area contributed by atoms with Crippen LogP contribution in [0.3, 0.4) is 0 Å². The van der Waals surface area contributed by atoms with Gasteiger partial charge in [-0.2, -0.15) is 0 Å². The van der Waals surface area contributed by atoms with E-state index in [1.165, 1.54) is 0 Å². The molecule has 0 aliphatic heterocycles. The van der Waals surface area contributed by atoms with E-state index in [2.05, 4.69) is 6.92 Å². The molecule has 0 aromatic heterocycles. The number of nitrogens with zero attached hydrogens (tertiary/aromatic N) is 1. The fraction of sp³-hybridized carbons (Fsp3) is 0.562. The molecule has 0 bridgehead atoms. The van der Waals surface area contributed by atoms with E-state index in [1.807, 2.05) is 49.1 Å². The van der Waals surface area contributed by atoms with Crippen molar-refractivity contribution in [3.05, 3.63) is 35.9 Å². The Labute approximate surface area is 116 Å². The number of carbonyl (C=O) groups is 1. The lowest BCUT2D eigenvalue weighted by molar-refractivity contribution is -0.138. The summed E-state index contributed by atoms with van der Waals surface area (Å²) in [6.07, 6.45) is 2.30. The molecule has 1 rings (SSSR count). The summed E-state index contributed by atoms with van der Waals surface area (Å²) >= 11 is 0. The molecule has 0 saturated heterocycles. The third-order valence-electron chi connectivity index (χ3n) is 3.68. The maximum Gasteiger partial charge on any atom is 0.242 e. The van der Waals surface area contributed by atoms with E-state index < -0.39 is 5.54 Å². The molecule has 3 nitrogen and oxygen atoms in total. The van der Waals surface area contributed by atoms with Crippen molar-refractivity contribution in [2.24, 2.45) is 5.73 Å². The van der Waals surface area contributed by atoms with E-state index in [4.69, 9.17) is 5.73 Å². The molecule has 1 aromatic carbocycles. The summed E-state index contributed by atoms with van der Waals surface area (Å²) in [5.41, 5.74) is 6.67. The summed E-state index contributed by atoms with van der Waals surface area (Å²) in [7, 11) is 0. The van der Waals surface area contributed by atoms with Crippen LogP contribution in [-0.4, -0.2) is 22.9 Å². The number of hydrogen-bond donors (Lipinski definition) is 1. The molecule has 0 atom stereocenters. The SMILES string of the molecule is CCCN(Cc1ccccc1)C(=O)C(N)(CC)CC. The first-order valence-electron chi connectivity index (χ1n) is 7.19. The Morgan fingerprint density at radius 1 is 1.16 bits per heavy atom. The Hall–Kier alpha value is -1.35. The lowest BCUT2D eigenvalue weighted by atomic mass is 9.92. The lowest BCUT2D eigenvalue weighted by Gasteiger charge is -2.33. The van der Waals surface area contributed by atoms with Crippen LogP contribution in [0.2, 0.25) is 0 Å². The van der Waals surface area contributed by atoms with Crippen molar-refractivity contribution < 1.29 is 4.79 Å². The zero-order valence-electron chi connectivity index (χ0n) is 12.4. The average Bonchev–Trinajstić information content (AvgIpc) is 2.46. The molecule has 1 amide bonds. The van der Waals surface area contributed by atoms with Crippen LogP contribution in [0.25, 0.3) is 0 Å². The van der Waals surface area contributed by atoms with Gasteiger partial charge in [-0.3, -0.25) is 4.79 Å². The number of nitrogens with two attached hydrogens (primary N) is 1. The zero-order valence-corrected chi connectivity index (χ0v) is 12.4. The third-order valence-corrected chi connectivity index (χ3v) is 3.68. The molecule has 0 aliphatic rings. The average molecular weight is 262 g/mol. The van der Waals surface area contributed by atoms with Gasteiger partial charge in [-0.15, -0.1) is 0 Å². The molecular formula is C16H26N2O. The molecule has 19 heavy (non-hydrogen) atoms. The van der Waals surface area contributed by atoms with Crippen LogP contribution >= 0.6 is 0 Å². The predicted octanol–water partition coefficient (Wildman–Crippen LogP) is 2.94. The van der Waals surface area contributed by atoms with Crippen molar-refractivity contribution in [2.45, 2.75) is 52.1 Å². The highest BCUT2D eigenvalue weighted by atomic mass is 16.2. The molecule has 1 aromatic rings. The second-order valence-corrected chi connectivity index (χ2v) is 5.08. The molecule has 3 heteroatoms. The Morgan fingerprint density at radius 3 is 2.21 bits per heavy atom. The molecular weight excluding hydrogens is 236 g/mol. The van der Waals surface area contributed by atoms with Crippen LogP contribution in [-0.2, 0) is 11.3 Å². The van der Waals surface area contributed by atoms with Gasteiger partial charge in [-0.05, 0) is 24.8 Å². The Morgan fingerprint density at radius 2 is 1.74 bits per heavy atom. The Kier molecular flexibility index (Phi) is 6.03. The van der Waals surface area contributed by atoms with Crippen molar-refractivity contribution in [1.29, 1.82) is 0 Å². The summed E-state index contributed by atoms with van der Waals surface area (Å²) in [5.74, 6) is 0.0724. The van der Waals surface area contributed by atoms with Crippen LogP contribution in [0.5, 0.6) is 0 Å². The molecule has 0 fully saturated rings. The van der Waals surface area contributed by atoms with Gasteiger partial charge in [0.1, 0.15) is 0 Å². The maximum atomic E-state index is 12.6. The molecule has 0 saturated carbocycles. The normalized spacial score (nSPS) is 11.4. The first-order valence-corrected chi connectivity index (χ1v) is 7.19. The van der Waals surface area contributed by atoms with E-state index in [0.29, 0.717) is 19.4 Å².